The van der Waals surface area contributed by atoms with Crippen LogP contribution in [-0.2, 0) is 16.1 Å². The van der Waals surface area contributed by atoms with Crippen molar-refractivity contribution in [2.24, 2.45) is 5.92 Å². The molecule has 0 unspecified atom stereocenters. The fraction of sp³-hybridized carbons (Fsp3) is 0.444. The van der Waals surface area contributed by atoms with Crippen molar-refractivity contribution in [2.75, 3.05) is 20.2 Å². The first-order valence-corrected chi connectivity index (χ1v) is 8.47. The average molecular weight is 349 g/mol. The second-order valence-corrected chi connectivity index (χ2v) is 6.54. The molecule has 0 atom stereocenters. The summed E-state index contributed by atoms with van der Waals surface area (Å²) in [6.07, 6.45) is 1.65. The Hall–Kier alpha value is -1.85. The number of aromatic nitrogens is 1. The Morgan fingerprint density at radius 1 is 1.33 bits per heavy atom. The molecule has 1 aromatic heterocycles. The highest BCUT2D eigenvalue weighted by Gasteiger charge is 2.26. The Bertz CT molecular complexity index is 704. The zero-order chi connectivity index (χ0) is 17.1. The van der Waals surface area contributed by atoms with Crippen LogP contribution < -0.4 is 0 Å². The number of nitrogens with zero attached hydrogens (tertiary/aromatic N) is 2. The van der Waals surface area contributed by atoms with Crippen molar-refractivity contribution in [3.63, 3.8) is 0 Å². The van der Waals surface area contributed by atoms with Gasteiger partial charge in [0.15, 0.2) is 0 Å². The van der Waals surface area contributed by atoms with Crippen LogP contribution in [0, 0.1) is 12.8 Å². The maximum Gasteiger partial charge on any atom is 0.308 e. The van der Waals surface area contributed by atoms with Gasteiger partial charge < -0.3 is 9.15 Å². The van der Waals surface area contributed by atoms with E-state index in [0.717, 1.165) is 49.5 Å². The van der Waals surface area contributed by atoms with Gasteiger partial charge in [0, 0.05) is 17.1 Å². The summed E-state index contributed by atoms with van der Waals surface area (Å²) in [6.45, 7) is 4.39. The zero-order valence-electron chi connectivity index (χ0n) is 13.9. The second-order valence-electron chi connectivity index (χ2n) is 6.10. The normalized spacial score (nSPS) is 16.3. The Kier molecular flexibility index (Phi) is 5.21. The zero-order valence-corrected chi connectivity index (χ0v) is 14.7. The average Bonchev–Trinajstić information content (AvgIpc) is 2.96. The highest BCUT2D eigenvalue weighted by molar-refractivity contribution is 6.30. The Morgan fingerprint density at radius 2 is 2.00 bits per heavy atom. The molecule has 0 N–H and O–H groups in total. The molecule has 5 nitrogen and oxygen atoms in total. The van der Waals surface area contributed by atoms with E-state index in [-0.39, 0.29) is 11.9 Å². The maximum atomic E-state index is 11.6. The van der Waals surface area contributed by atoms with Crippen molar-refractivity contribution in [3.05, 3.63) is 40.7 Å². The number of benzene rings is 1. The quantitative estimate of drug-likeness (QED) is 0.789. The molecular formula is C18H21ClN2O3. The number of likely N-dealkylation sites (tertiary alicyclic amines) is 1. The van der Waals surface area contributed by atoms with Crippen molar-refractivity contribution >= 4 is 17.6 Å². The summed E-state index contributed by atoms with van der Waals surface area (Å²) in [7, 11) is 1.45. The van der Waals surface area contributed by atoms with Gasteiger partial charge in [-0.2, -0.15) is 0 Å². The van der Waals surface area contributed by atoms with Gasteiger partial charge in [-0.1, -0.05) is 11.6 Å². The minimum atomic E-state index is -0.0997. The van der Waals surface area contributed by atoms with E-state index in [9.17, 15) is 4.79 Å². The summed E-state index contributed by atoms with van der Waals surface area (Å²) in [5.74, 6) is 1.37. The van der Waals surface area contributed by atoms with Crippen LogP contribution in [0.15, 0.2) is 28.7 Å². The van der Waals surface area contributed by atoms with E-state index < -0.39 is 0 Å². The predicted octanol–water partition coefficient (Wildman–Crippen LogP) is 3.69. The van der Waals surface area contributed by atoms with Crippen LogP contribution >= 0.6 is 11.6 Å². The second kappa shape index (κ2) is 7.36. The number of carbonyl (C=O) groups excluding carboxylic acids is 1. The largest absolute Gasteiger partial charge is 0.469 e. The molecule has 3 rings (SSSR count). The lowest BCUT2D eigenvalue weighted by molar-refractivity contribution is -0.147. The van der Waals surface area contributed by atoms with Crippen LogP contribution in [0.1, 0.15) is 24.3 Å². The first-order chi connectivity index (χ1) is 11.6. The van der Waals surface area contributed by atoms with Crippen molar-refractivity contribution in [1.82, 2.24) is 9.88 Å². The lowest BCUT2D eigenvalue weighted by atomic mass is 9.97. The Morgan fingerprint density at radius 3 is 2.62 bits per heavy atom. The van der Waals surface area contributed by atoms with Gasteiger partial charge in [0.05, 0.1) is 18.7 Å². The number of hydrogen-bond acceptors (Lipinski definition) is 5. The number of carbonyl (C=O) groups is 1. The van der Waals surface area contributed by atoms with Gasteiger partial charge in [0.25, 0.3) is 0 Å². The summed E-state index contributed by atoms with van der Waals surface area (Å²) in [5.41, 5.74) is 1.86. The molecule has 0 amide bonds. The number of piperidine rings is 1. The van der Waals surface area contributed by atoms with E-state index >= 15 is 0 Å². The number of ether oxygens (including phenoxy) is 1. The molecular weight excluding hydrogens is 328 g/mol. The van der Waals surface area contributed by atoms with Crippen LogP contribution in [0.2, 0.25) is 5.02 Å². The maximum absolute atomic E-state index is 11.6. The van der Waals surface area contributed by atoms with Gasteiger partial charge >= 0.3 is 5.97 Å². The van der Waals surface area contributed by atoms with Crippen LogP contribution in [0.4, 0.5) is 0 Å². The van der Waals surface area contributed by atoms with Gasteiger partial charge in [-0.3, -0.25) is 9.69 Å². The molecule has 1 aliphatic heterocycles. The number of halogens is 1. The van der Waals surface area contributed by atoms with E-state index in [0.29, 0.717) is 10.9 Å². The number of esters is 1. The van der Waals surface area contributed by atoms with Crippen LogP contribution in [0.5, 0.6) is 0 Å². The van der Waals surface area contributed by atoms with Crippen molar-refractivity contribution in [1.29, 1.82) is 0 Å². The first-order valence-electron chi connectivity index (χ1n) is 8.09. The summed E-state index contributed by atoms with van der Waals surface area (Å²) in [5, 5.41) is 0.690. The molecule has 1 fully saturated rings. The molecule has 1 aromatic carbocycles. The van der Waals surface area contributed by atoms with Gasteiger partial charge in [-0.15, -0.1) is 0 Å². The van der Waals surface area contributed by atoms with E-state index in [2.05, 4.69) is 9.88 Å². The van der Waals surface area contributed by atoms with Crippen LogP contribution in [-0.4, -0.2) is 36.1 Å². The van der Waals surface area contributed by atoms with Crippen molar-refractivity contribution in [3.8, 4) is 11.5 Å². The van der Waals surface area contributed by atoms with Gasteiger partial charge in [-0.05, 0) is 57.1 Å². The number of methoxy groups -OCH3 is 1. The molecule has 0 spiro atoms. The first kappa shape index (κ1) is 17.0. The summed E-state index contributed by atoms with van der Waals surface area (Å²) in [4.78, 5) is 18.5. The molecule has 6 heteroatoms. The molecule has 24 heavy (non-hydrogen) atoms. The number of aryl methyl sites for hydroxylation is 1. The lowest BCUT2D eigenvalue weighted by Crippen LogP contribution is -2.36. The standard InChI is InChI=1S/C18H21ClN2O3/c1-12-16(11-21-9-7-14(8-10-21)18(22)23-2)20-17(24-12)13-3-5-15(19)6-4-13/h3-6,14H,7-11H2,1-2H3. The highest BCUT2D eigenvalue weighted by atomic mass is 35.5. The summed E-state index contributed by atoms with van der Waals surface area (Å²) in [6, 6.07) is 7.46. The van der Waals surface area contributed by atoms with E-state index in [1.54, 1.807) is 0 Å². The third-order valence-electron chi connectivity index (χ3n) is 4.48. The van der Waals surface area contributed by atoms with Crippen LogP contribution in [0.25, 0.3) is 11.5 Å². The number of rotatable bonds is 4. The third-order valence-corrected chi connectivity index (χ3v) is 4.73. The monoisotopic (exact) mass is 348 g/mol. The molecule has 2 heterocycles. The molecule has 128 valence electrons. The minimum absolute atomic E-state index is 0.0225. The molecule has 0 aliphatic carbocycles. The fourth-order valence-corrected chi connectivity index (χ4v) is 3.12. The third kappa shape index (κ3) is 3.79. The fourth-order valence-electron chi connectivity index (χ4n) is 3.00. The number of oxazole rings is 1. The minimum Gasteiger partial charge on any atom is -0.469 e. The van der Waals surface area contributed by atoms with Gasteiger partial charge in [0.2, 0.25) is 5.89 Å². The summed E-state index contributed by atoms with van der Waals surface area (Å²) >= 11 is 5.92. The number of hydrogen-bond donors (Lipinski definition) is 0. The molecule has 0 bridgehead atoms. The van der Waals surface area contributed by atoms with E-state index in [4.69, 9.17) is 20.8 Å². The lowest BCUT2D eigenvalue weighted by Gasteiger charge is -2.29. The molecule has 1 saturated heterocycles. The van der Waals surface area contributed by atoms with Gasteiger partial charge in [0.1, 0.15) is 5.76 Å². The highest BCUT2D eigenvalue weighted by Crippen LogP contribution is 2.25. The summed E-state index contributed by atoms with van der Waals surface area (Å²) < 4.78 is 10.6. The Labute approximate surface area is 146 Å². The van der Waals surface area contributed by atoms with Gasteiger partial charge in [-0.25, -0.2) is 4.98 Å². The van der Waals surface area contributed by atoms with Crippen LogP contribution in [0.3, 0.4) is 0 Å². The SMILES string of the molecule is COC(=O)C1CCN(Cc2nc(-c3ccc(Cl)cc3)oc2C)CC1. The predicted molar refractivity (Wildman–Crippen MR) is 91.7 cm³/mol. The molecule has 2 aromatic rings. The molecule has 0 radical (unpaired) electrons. The molecule has 1 aliphatic rings. The molecule has 0 saturated carbocycles. The topological polar surface area (TPSA) is 55.6 Å². The smallest absolute Gasteiger partial charge is 0.308 e. The van der Waals surface area contributed by atoms with Crippen molar-refractivity contribution < 1.29 is 13.9 Å². The van der Waals surface area contributed by atoms with E-state index in [1.165, 1.54) is 7.11 Å². The Balaban J connectivity index is 1.64. The van der Waals surface area contributed by atoms with Crippen molar-refractivity contribution in [2.45, 2.75) is 26.3 Å². The van der Waals surface area contributed by atoms with E-state index in [1.807, 2.05) is 31.2 Å².